The molecular formula is C10H13NO. The minimum atomic E-state index is -0.439. The van der Waals surface area contributed by atoms with Crippen LogP contribution in [0.3, 0.4) is 0 Å². The molecule has 1 N–H and O–H groups in total. The molecule has 1 aromatic heterocycles. The van der Waals surface area contributed by atoms with Crippen molar-refractivity contribution in [3.05, 3.63) is 42.2 Å². The minimum absolute atomic E-state index is 0.439. The summed E-state index contributed by atoms with van der Waals surface area (Å²) in [6.45, 7) is 5.65. The van der Waals surface area contributed by atoms with Gasteiger partial charge < -0.3 is 5.11 Å². The fraction of sp³-hybridized carbons (Fsp3) is 0.300. The SMILES string of the molecule is C=C(C)CC(O)c1ccncc1. The molecule has 2 nitrogen and oxygen atoms in total. The number of aliphatic hydroxyl groups excluding tert-OH is 1. The van der Waals surface area contributed by atoms with Gasteiger partial charge >= 0.3 is 0 Å². The van der Waals surface area contributed by atoms with E-state index >= 15 is 0 Å². The van der Waals surface area contributed by atoms with Gasteiger partial charge in [0.2, 0.25) is 0 Å². The van der Waals surface area contributed by atoms with E-state index in [2.05, 4.69) is 11.6 Å². The van der Waals surface area contributed by atoms with Gasteiger partial charge in [-0.15, -0.1) is 6.58 Å². The number of pyridine rings is 1. The lowest BCUT2D eigenvalue weighted by Gasteiger charge is -2.09. The van der Waals surface area contributed by atoms with Crippen molar-refractivity contribution < 1.29 is 5.11 Å². The Morgan fingerprint density at radius 1 is 1.58 bits per heavy atom. The van der Waals surface area contributed by atoms with E-state index < -0.39 is 6.10 Å². The first kappa shape index (κ1) is 8.94. The lowest BCUT2D eigenvalue weighted by molar-refractivity contribution is 0.178. The molecule has 1 atom stereocenters. The van der Waals surface area contributed by atoms with E-state index in [1.54, 1.807) is 12.4 Å². The second-order valence-electron chi connectivity index (χ2n) is 2.96. The highest BCUT2D eigenvalue weighted by atomic mass is 16.3. The maximum Gasteiger partial charge on any atom is 0.0828 e. The number of hydrogen-bond acceptors (Lipinski definition) is 2. The zero-order chi connectivity index (χ0) is 8.97. The van der Waals surface area contributed by atoms with Crippen molar-refractivity contribution >= 4 is 0 Å². The van der Waals surface area contributed by atoms with Crippen LogP contribution in [0.5, 0.6) is 0 Å². The van der Waals surface area contributed by atoms with Crippen molar-refractivity contribution in [1.82, 2.24) is 4.98 Å². The molecule has 0 saturated heterocycles. The summed E-state index contributed by atoms with van der Waals surface area (Å²) < 4.78 is 0. The molecule has 0 fully saturated rings. The highest BCUT2D eigenvalue weighted by Crippen LogP contribution is 2.18. The zero-order valence-electron chi connectivity index (χ0n) is 7.20. The largest absolute Gasteiger partial charge is 0.388 e. The first-order valence-corrected chi connectivity index (χ1v) is 3.92. The van der Waals surface area contributed by atoms with Gasteiger partial charge in [-0.1, -0.05) is 5.57 Å². The van der Waals surface area contributed by atoms with Crippen molar-refractivity contribution in [2.45, 2.75) is 19.4 Å². The van der Waals surface area contributed by atoms with Crippen molar-refractivity contribution in [3.63, 3.8) is 0 Å². The summed E-state index contributed by atoms with van der Waals surface area (Å²) in [5.74, 6) is 0. The zero-order valence-corrected chi connectivity index (χ0v) is 7.20. The van der Waals surface area contributed by atoms with Crippen LogP contribution in [0.25, 0.3) is 0 Å². The summed E-state index contributed by atoms with van der Waals surface area (Å²) in [7, 11) is 0. The smallest absolute Gasteiger partial charge is 0.0828 e. The van der Waals surface area contributed by atoms with E-state index in [-0.39, 0.29) is 0 Å². The van der Waals surface area contributed by atoms with E-state index in [1.165, 1.54) is 0 Å². The van der Waals surface area contributed by atoms with Crippen LogP contribution < -0.4 is 0 Å². The Morgan fingerprint density at radius 3 is 2.67 bits per heavy atom. The van der Waals surface area contributed by atoms with Crippen molar-refractivity contribution in [3.8, 4) is 0 Å². The molecule has 0 radical (unpaired) electrons. The molecule has 0 aromatic carbocycles. The molecular weight excluding hydrogens is 150 g/mol. The summed E-state index contributed by atoms with van der Waals surface area (Å²) in [6, 6.07) is 3.63. The van der Waals surface area contributed by atoms with Crippen LogP contribution in [0.1, 0.15) is 25.0 Å². The summed E-state index contributed by atoms with van der Waals surface area (Å²) in [4.78, 5) is 3.87. The molecule has 12 heavy (non-hydrogen) atoms. The monoisotopic (exact) mass is 163 g/mol. The fourth-order valence-corrected chi connectivity index (χ4v) is 1.03. The Hall–Kier alpha value is -1.15. The second kappa shape index (κ2) is 4.02. The van der Waals surface area contributed by atoms with Crippen molar-refractivity contribution in [1.29, 1.82) is 0 Å². The normalized spacial score (nSPS) is 12.5. The highest BCUT2D eigenvalue weighted by Gasteiger charge is 2.05. The first-order valence-electron chi connectivity index (χ1n) is 3.92. The van der Waals surface area contributed by atoms with Crippen LogP contribution in [0.4, 0.5) is 0 Å². The van der Waals surface area contributed by atoms with Crippen LogP contribution in [-0.2, 0) is 0 Å². The maximum atomic E-state index is 9.60. The van der Waals surface area contributed by atoms with E-state index in [1.807, 2.05) is 19.1 Å². The van der Waals surface area contributed by atoms with Crippen LogP contribution in [0, 0.1) is 0 Å². The van der Waals surface area contributed by atoms with Gasteiger partial charge in [-0.2, -0.15) is 0 Å². The summed E-state index contributed by atoms with van der Waals surface area (Å²) >= 11 is 0. The lowest BCUT2D eigenvalue weighted by Crippen LogP contribution is -1.97. The molecule has 0 bridgehead atoms. The number of hydrogen-bond donors (Lipinski definition) is 1. The van der Waals surface area contributed by atoms with Gasteiger partial charge in [0.05, 0.1) is 6.10 Å². The van der Waals surface area contributed by atoms with Crippen LogP contribution in [0.15, 0.2) is 36.7 Å². The Labute approximate surface area is 72.6 Å². The average Bonchev–Trinajstić information content (AvgIpc) is 2.05. The maximum absolute atomic E-state index is 9.60. The van der Waals surface area contributed by atoms with Gasteiger partial charge in [0.1, 0.15) is 0 Å². The molecule has 0 aliphatic carbocycles. The molecule has 0 aliphatic heterocycles. The predicted octanol–water partition coefficient (Wildman–Crippen LogP) is 2.08. The summed E-state index contributed by atoms with van der Waals surface area (Å²) in [6.07, 6.45) is 3.53. The molecule has 64 valence electrons. The molecule has 0 amide bonds. The predicted molar refractivity (Wildman–Crippen MR) is 48.6 cm³/mol. The second-order valence-corrected chi connectivity index (χ2v) is 2.96. The van der Waals surface area contributed by atoms with Crippen molar-refractivity contribution in [2.24, 2.45) is 0 Å². The van der Waals surface area contributed by atoms with Gasteiger partial charge in [0.25, 0.3) is 0 Å². The van der Waals surface area contributed by atoms with Gasteiger partial charge in [-0.25, -0.2) is 0 Å². The topological polar surface area (TPSA) is 33.1 Å². The third-order valence-corrected chi connectivity index (χ3v) is 1.63. The Balaban J connectivity index is 2.65. The molecule has 0 spiro atoms. The standard InChI is InChI=1S/C10H13NO/c1-8(2)7-10(12)9-3-5-11-6-4-9/h3-6,10,12H,1,7H2,2H3. The third kappa shape index (κ3) is 2.47. The van der Waals surface area contributed by atoms with E-state index in [0.717, 1.165) is 11.1 Å². The quantitative estimate of drug-likeness (QED) is 0.692. The van der Waals surface area contributed by atoms with Gasteiger partial charge in [0, 0.05) is 12.4 Å². The average molecular weight is 163 g/mol. The number of rotatable bonds is 3. The Bertz CT molecular complexity index is 256. The summed E-state index contributed by atoms with van der Waals surface area (Å²) in [5.41, 5.74) is 1.88. The molecule has 1 unspecified atom stereocenters. The molecule has 0 aliphatic rings. The third-order valence-electron chi connectivity index (χ3n) is 1.63. The fourth-order valence-electron chi connectivity index (χ4n) is 1.03. The van der Waals surface area contributed by atoms with Crippen LogP contribution in [0.2, 0.25) is 0 Å². The molecule has 1 heterocycles. The van der Waals surface area contributed by atoms with Crippen molar-refractivity contribution in [2.75, 3.05) is 0 Å². The summed E-state index contributed by atoms with van der Waals surface area (Å²) in [5, 5.41) is 9.60. The lowest BCUT2D eigenvalue weighted by atomic mass is 10.1. The molecule has 0 saturated carbocycles. The Kier molecular flexibility index (Phi) is 3.00. The van der Waals surface area contributed by atoms with E-state index in [0.29, 0.717) is 6.42 Å². The van der Waals surface area contributed by atoms with Gasteiger partial charge in [-0.05, 0) is 31.0 Å². The van der Waals surface area contributed by atoms with Crippen LogP contribution >= 0.6 is 0 Å². The van der Waals surface area contributed by atoms with Crippen LogP contribution in [-0.4, -0.2) is 10.1 Å². The highest BCUT2D eigenvalue weighted by molar-refractivity contribution is 5.14. The number of nitrogens with zero attached hydrogens (tertiary/aromatic N) is 1. The first-order chi connectivity index (χ1) is 5.70. The van der Waals surface area contributed by atoms with E-state index in [4.69, 9.17) is 0 Å². The minimum Gasteiger partial charge on any atom is -0.388 e. The number of aliphatic hydroxyl groups is 1. The van der Waals surface area contributed by atoms with E-state index in [9.17, 15) is 5.11 Å². The molecule has 1 aromatic rings. The molecule has 2 heteroatoms. The molecule has 1 rings (SSSR count). The van der Waals surface area contributed by atoms with Gasteiger partial charge in [-0.3, -0.25) is 4.98 Å². The number of aromatic nitrogens is 1. The van der Waals surface area contributed by atoms with Gasteiger partial charge in [0.15, 0.2) is 0 Å². The Morgan fingerprint density at radius 2 is 2.17 bits per heavy atom.